The van der Waals surface area contributed by atoms with E-state index in [2.05, 4.69) is 0 Å². The molecule has 0 saturated heterocycles. The summed E-state index contributed by atoms with van der Waals surface area (Å²) < 4.78 is 27.1. The Kier molecular flexibility index (Phi) is 3.88. The number of hydrogen-bond donors (Lipinski definition) is 1. The lowest BCUT2D eigenvalue weighted by Crippen LogP contribution is -2.16. The topological polar surface area (TPSA) is 26.0 Å². The Morgan fingerprint density at radius 1 is 1.05 bits per heavy atom. The maximum absolute atomic E-state index is 13.8. The molecule has 0 fully saturated rings. The quantitative estimate of drug-likeness (QED) is 0.873. The highest BCUT2D eigenvalue weighted by atomic mass is 35.5. The predicted molar refractivity (Wildman–Crippen MR) is 73.3 cm³/mol. The molecule has 0 heterocycles. The first-order chi connectivity index (χ1) is 8.90. The van der Waals surface area contributed by atoms with Crippen molar-refractivity contribution < 1.29 is 8.78 Å². The van der Waals surface area contributed by atoms with Crippen LogP contribution in [0.4, 0.5) is 8.78 Å². The summed E-state index contributed by atoms with van der Waals surface area (Å²) in [6.07, 6.45) is 0. The third-order valence-electron chi connectivity index (χ3n) is 3.16. The molecule has 1 atom stereocenters. The molecule has 0 saturated carbocycles. The zero-order valence-electron chi connectivity index (χ0n) is 10.7. The van der Waals surface area contributed by atoms with Crippen LogP contribution in [0.25, 0.3) is 0 Å². The van der Waals surface area contributed by atoms with Crippen LogP contribution in [-0.4, -0.2) is 0 Å². The second kappa shape index (κ2) is 5.27. The minimum absolute atomic E-state index is 0.310. The van der Waals surface area contributed by atoms with Gasteiger partial charge in [0.1, 0.15) is 11.6 Å². The van der Waals surface area contributed by atoms with Gasteiger partial charge in [-0.05, 0) is 60.9 Å². The Morgan fingerprint density at radius 2 is 1.63 bits per heavy atom. The van der Waals surface area contributed by atoms with Crippen molar-refractivity contribution in [3.8, 4) is 0 Å². The highest BCUT2D eigenvalue weighted by Gasteiger charge is 2.18. The lowest BCUT2D eigenvalue weighted by Gasteiger charge is -2.19. The number of hydrogen-bond acceptors (Lipinski definition) is 1. The Balaban J connectivity index is 2.56. The molecule has 100 valence electrons. The fraction of sp³-hybridized carbons (Fsp3) is 0.200. The number of aryl methyl sites for hydroxylation is 2. The van der Waals surface area contributed by atoms with Gasteiger partial charge >= 0.3 is 0 Å². The first-order valence-electron chi connectivity index (χ1n) is 5.87. The fourth-order valence-corrected chi connectivity index (χ4v) is 2.50. The van der Waals surface area contributed by atoms with Gasteiger partial charge in [0, 0.05) is 10.6 Å². The summed E-state index contributed by atoms with van der Waals surface area (Å²) in [6, 6.07) is 6.38. The normalized spacial score (nSPS) is 12.5. The van der Waals surface area contributed by atoms with Crippen molar-refractivity contribution in [2.45, 2.75) is 19.9 Å². The lowest BCUT2D eigenvalue weighted by molar-refractivity contribution is 0.597. The van der Waals surface area contributed by atoms with Crippen LogP contribution in [0.3, 0.4) is 0 Å². The van der Waals surface area contributed by atoms with Crippen LogP contribution in [-0.2, 0) is 0 Å². The van der Waals surface area contributed by atoms with Gasteiger partial charge in [0.05, 0.1) is 6.04 Å². The maximum atomic E-state index is 13.8. The summed E-state index contributed by atoms with van der Waals surface area (Å²) in [4.78, 5) is 0. The first kappa shape index (κ1) is 14.0. The Labute approximate surface area is 116 Å². The molecule has 19 heavy (non-hydrogen) atoms. The van der Waals surface area contributed by atoms with E-state index in [4.69, 9.17) is 17.3 Å². The Morgan fingerprint density at radius 3 is 2.21 bits per heavy atom. The molecule has 1 nitrogen and oxygen atoms in total. The van der Waals surface area contributed by atoms with Crippen molar-refractivity contribution in [1.29, 1.82) is 0 Å². The lowest BCUT2D eigenvalue weighted by atomic mass is 9.91. The summed E-state index contributed by atoms with van der Waals surface area (Å²) >= 11 is 5.87. The van der Waals surface area contributed by atoms with Crippen molar-refractivity contribution >= 4 is 11.6 Å². The zero-order chi connectivity index (χ0) is 14.2. The van der Waals surface area contributed by atoms with Crippen LogP contribution in [0.2, 0.25) is 5.02 Å². The molecule has 4 heteroatoms. The highest BCUT2D eigenvalue weighted by molar-refractivity contribution is 6.30. The summed E-state index contributed by atoms with van der Waals surface area (Å²) in [6.45, 7) is 3.52. The van der Waals surface area contributed by atoms with Crippen LogP contribution >= 0.6 is 11.6 Å². The Bertz CT molecular complexity index is 603. The average molecular weight is 282 g/mol. The zero-order valence-corrected chi connectivity index (χ0v) is 11.4. The van der Waals surface area contributed by atoms with E-state index in [1.807, 2.05) is 0 Å². The van der Waals surface area contributed by atoms with Crippen LogP contribution in [0.1, 0.15) is 28.3 Å². The second-order valence-corrected chi connectivity index (χ2v) is 5.03. The summed E-state index contributed by atoms with van der Waals surface area (Å²) in [5, 5.41) is 0.421. The predicted octanol–water partition coefficient (Wildman–Crippen LogP) is 4.28. The smallest absolute Gasteiger partial charge is 0.128 e. The summed E-state index contributed by atoms with van der Waals surface area (Å²) in [5.74, 6) is -0.738. The SMILES string of the molecule is Cc1cc(F)cc(C)c1C(N)c1cc(Cl)ccc1F. The minimum Gasteiger partial charge on any atom is -0.320 e. The molecular weight excluding hydrogens is 268 g/mol. The highest BCUT2D eigenvalue weighted by Crippen LogP contribution is 2.29. The van der Waals surface area contributed by atoms with E-state index in [-0.39, 0.29) is 5.82 Å². The van der Waals surface area contributed by atoms with E-state index >= 15 is 0 Å². The van der Waals surface area contributed by atoms with Gasteiger partial charge in [-0.25, -0.2) is 8.78 Å². The molecule has 2 aromatic carbocycles. The van der Waals surface area contributed by atoms with E-state index in [9.17, 15) is 8.78 Å². The van der Waals surface area contributed by atoms with Gasteiger partial charge in [-0.2, -0.15) is 0 Å². The molecule has 1 unspecified atom stereocenters. The van der Waals surface area contributed by atoms with Gasteiger partial charge in [-0.15, -0.1) is 0 Å². The van der Waals surface area contributed by atoms with Crippen LogP contribution in [0.15, 0.2) is 30.3 Å². The second-order valence-electron chi connectivity index (χ2n) is 4.60. The first-order valence-corrected chi connectivity index (χ1v) is 6.25. The van der Waals surface area contributed by atoms with Gasteiger partial charge in [-0.3, -0.25) is 0 Å². The molecule has 0 aliphatic heterocycles. The van der Waals surface area contributed by atoms with Crippen molar-refractivity contribution in [2.75, 3.05) is 0 Å². The van der Waals surface area contributed by atoms with Gasteiger partial charge in [0.25, 0.3) is 0 Å². The molecule has 0 bridgehead atoms. The van der Waals surface area contributed by atoms with Gasteiger partial charge in [0.15, 0.2) is 0 Å². The summed E-state index contributed by atoms with van der Waals surface area (Å²) in [7, 11) is 0. The molecule has 0 spiro atoms. The van der Waals surface area contributed by atoms with Gasteiger partial charge in [-0.1, -0.05) is 11.6 Å². The molecule has 0 aliphatic carbocycles. The van der Waals surface area contributed by atoms with Gasteiger partial charge < -0.3 is 5.73 Å². The third-order valence-corrected chi connectivity index (χ3v) is 3.40. The van der Waals surface area contributed by atoms with Crippen molar-refractivity contribution in [3.05, 3.63) is 69.2 Å². The molecular formula is C15H14ClF2N. The number of halogens is 3. The fourth-order valence-electron chi connectivity index (χ4n) is 2.32. The third kappa shape index (κ3) is 2.77. The van der Waals surface area contributed by atoms with E-state index in [0.717, 1.165) is 5.56 Å². The molecule has 2 rings (SSSR count). The molecule has 2 N–H and O–H groups in total. The standard InChI is InChI=1S/C15H14ClF2N/c1-8-5-11(17)6-9(2)14(8)15(19)12-7-10(16)3-4-13(12)18/h3-7,15H,19H2,1-2H3. The average Bonchev–Trinajstić information content (AvgIpc) is 2.30. The van der Waals surface area contributed by atoms with Crippen molar-refractivity contribution in [3.63, 3.8) is 0 Å². The van der Waals surface area contributed by atoms with E-state index in [1.165, 1.54) is 30.3 Å². The molecule has 0 amide bonds. The monoisotopic (exact) mass is 281 g/mol. The maximum Gasteiger partial charge on any atom is 0.128 e. The minimum atomic E-state index is -0.667. The number of nitrogens with two attached hydrogens (primary N) is 1. The van der Waals surface area contributed by atoms with Crippen LogP contribution in [0, 0.1) is 25.5 Å². The van der Waals surface area contributed by atoms with Crippen molar-refractivity contribution in [2.24, 2.45) is 5.73 Å². The molecule has 0 aliphatic rings. The van der Waals surface area contributed by atoms with Crippen LogP contribution < -0.4 is 5.73 Å². The number of benzene rings is 2. The largest absolute Gasteiger partial charge is 0.320 e. The number of rotatable bonds is 2. The van der Waals surface area contributed by atoms with Crippen LogP contribution in [0.5, 0.6) is 0 Å². The molecule has 0 aromatic heterocycles. The molecule has 0 radical (unpaired) electrons. The van der Waals surface area contributed by atoms with Gasteiger partial charge in [0.2, 0.25) is 0 Å². The molecule has 2 aromatic rings. The van der Waals surface area contributed by atoms with E-state index in [0.29, 0.717) is 21.7 Å². The van der Waals surface area contributed by atoms with Crippen molar-refractivity contribution in [1.82, 2.24) is 0 Å². The van der Waals surface area contributed by atoms with E-state index < -0.39 is 11.9 Å². The summed E-state index contributed by atoms with van der Waals surface area (Å²) in [5.41, 5.74) is 8.55. The van der Waals surface area contributed by atoms with E-state index in [1.54, 1.807) is 13.8 Å². The Hall–Kier alpha value is -1.45.